The van der Waals surface area contributed by atoms with Crippen LogP contribution in [0.2, 0.25) is 0 Å². The van der Waals surface area contributed by atoms with E-state index in [2.05, 4.69) is 5.32 Å². The second-order valence-electron chi connectivity index (χ2n) is 7.33. The summed E-state index contributed by atoms with van der Waals surface area (Å²) < 4.78 is 16.5. The monoisotopic (exact) mass is 412 g/mol. The van der Waals surface area contributed by atoms with Crippen molar-refractivity contribution in [2.45, 2.75) is 39.3 Å². The van der Waals surface area contributed by atoms with Gasteiger partial charge in [0.1, 0.15) is 11.9 Å². The Bertz CT molecular complexity index is 928. The topological polar surface area (TPSA) is 77.1 Å². The van der Waals surface area contributed by atoms with E-state index in [1.807, 2.05) is 44.2 Å². The summed E-state index contributed by atoms with van der Waals surface area (Å²) in [5.74, 6) is 1.60. The maximum atomic E-state index is 12.8. The number of carbonyl (C=O) groups excluding carboxylic acids is 2. The first-order valence-electron chi connectivity index (χ1n) is 9.97. The average molecular weight is 412 g/mol. The van der Waals surface area contributed by atoms with Crippen LogP contribution in [0.1, 0.15) is 30.9 Å². The number of fused-ring (bicyclic) bond motifs is 1. The standard InChI is InChI=1S/C23H28N2O5/c1-15-8-9-19-18(12-15)25(14-16(2)30-19)22(27)11-10-21(26)24-13-17-6-5-7-20(28-3)23(17)29-4/h5-9,12,16H,10-11,13-14H2,1-4H3,(H,24,26). The Hall–Kier alpha value is -3.22. The first kappa shape index (κ1) is 21.5. The van der Waals surface area contributed by atoms with Crippen molar-refractivity contribution in [2.24, 2.45) is 0 Å². The van der Waals surface area contributed by atoms with Gasteiger partial charge >= 0.3 is 0 Å². The van der Waals surface area contributed by atoms with Crippen LogP contribution in [0.4, 0.5) is 5.69 Å². The number of amides is 2. The highest BCUT2D eigenvalue weighted by Gasteiger charge is 2.27. The van der Waals surface area contributed by atoms with E-state index in [4.69, 9.17) is 14.2 Å². The highest BCUT2D eigenvalue weighted by molar-refractivity contribution is 5.97. The Balaban J connectivity index is 1.58. The van der Waals surface area contributed by atoms with Gasteiger partial charge in [0, 0.05) is 24.9 Å². The number of rotatable bonds is 7. The molecule has 0 spiro atoms. The van der Waals surface area contributed by atoms with Gasteiger partial charge in [0.15, 0.2) is 11.5 Å². The summed E-state index contributed by atoms with van der Waals surface area (Å²) in [4.78, 5) is 26.9. The highest BCUT2D eigenvalue weighted by atomic mass is 16.5. The smallest absolute Gasteiger partial charge is 0.227 e. The molecule has 0 saturated carbocycles. The van der Waals surface area contributed by atoms with E-state index < -0.39 is 0 Å². The van der Waals surface area contributed by atoms with E-state index in [0.29, 0.717) is 30.3 Å². The molecule has 0 fully saturated rings. The predicted octanol–water partition coefficient (Wildman–Crippen LogP) is 3.22. The molecular formula is C23H28N2O5. The third-order valence-electron chi connectivity index (χ3n) is 5.00. The minimum Gasteiger partial charge on any atom is -0.493 e. The van der Waals surface area contributed by atoms with Crippen LogP contribution < -0.4 is 24.4 Å². The van der Waals surface area contributed by atoms with Gasteiger partial charge in [-0.05, 0) is 37.6 Å². The molecule has 7 heteroatoms. The molecule has 160 valence electrons. The van der Waals surface area contributed by atoms with Crippen molar-refractivity contribution in [3.63, 3.8) is 0 Å². The number of nitrogens with one attached hydrogen (secondary N) is 1. The molecule has 2 amide bonds. The van der Waals surface area contributed by atoms with Crippen LogP contribution in [0.5, 0.6) is 17.2 Å². The molecule has 2 aromatic rings. The maximum Gasteiger partial charge on any atom is 0.227 e. The largest absolute Gasteiger partial charge is 0.493 e. The number of hydrogen-bond acceptors (Lipinski definition) is 5. The molecule has 0 saturated heterocycles. The third kappa shape index (κ3) is 4.84. The molecule has 7 nitrogen and oxygen atoms in total. The normalized spacial score (nSPS) is 15.1. The fraction of sp³-hybridized carbons (Fsp3) is 0.391. The zero-order valence-electron chi connectivity index (χ0n) is 17.9. The van der Waals surface area contributed by atoms with Crippen molar-refractivity contribution in [1.29, 1.82) is 0 Å². The van der Waals surface area contributed by atoms with Crippen molar-refractivity contribution in [2.75, 3.05) is 25.7 Å². The van der Waals surface area contributed by atoms with Crippen LogP contribution in [-0.2, 0) is 16.1 Å². The fourth-order valence-corrected chi connectivity index (χ4v) is 3.51. The zero-order valence-corrected chi connectivity index (χ0v) is 17.9. The lowest BCUT2D eigenvalue weighted by atomic mass is 10.1. The molecule has 2 aromatic carbocycles. The van der Waals surface area contributed by atoms with Crippen LogP contribution in [0.25, 0.3) is 0 Å². The number of hydrogen-bond donors (Lipinski definition) is 1. The number of benzene rings is 2. The molecule has 0 bridgehead atoms. The second-order valence-corrected chi connectivity index (χ2v) is 7.33. The number of carbonyl (C=O) groups is 2. The van der Waals surface area contributed by atoms with Crippen LogP contribution >= 0.6 is 0 Å². The van der Waals surface area contributed by atoms with Gasteiger partial charge in [0.25, 0.3) is 0 Å². The molecule has 1 aliphatic heterocycles. The maximum absolute atomic E-state index is 12.8. The molecule has 0 aromatic heterocycles. The number of nitrogens with zero attached hydrogens (tertiary/aromatic N) is 1. The summed E-state index contributed by atoms with van der Waals surface area (Å²) in [6.45, 7) is 4.67. The zero-order chi connectivity index (χ0) is 21.7. The summed E-state index contributed by atoms with van der Waals surface area (Å²) in [6, 6.07) is 11.3. The summed E-state index contributed by atoms with van der Waals surface area (Å²) in [6.07, 6.45) is 0.137. The summed E-state index contributed by atoms with van der Waals surface area (Å²) >= 11 is 0. The minimum absolute atomic E-state index is 0.0916. The Morgan fingerprint density at radius 2 is 1.97 bits per heavy atom. The first-order chi connectivity index (χ1) is 14.4. The number of anilines is 1. The minimum atomic E-state index is -0.195. The van der Waals surface area contributed by atoms with Crippen molar-refractivity contribution >= 4 is 17.5 Å². The van der Waals surface area contributed by atoms with Crippen LogP contribution in [0.15, 0.2) is 36.4 Å². The van der Waals surface area contributed by atoms with Crippen molar-refractivity contribution in [3.8, 4) is 17.2 Å². The first-order valence-corrected chi connectivity index (χ1v) is 9.97. The third-order valence-corrected chi connectivity index (χ3v) is 5.00. The molecule has 0 radical (unpaired) electrons. The van der Waals surface area contributed by atoms with Gasteiger partial charge in [-0.2, -0.15) is 0 Å². The van der Waals surface area contributed by atoms with E-state index in [1.54, 1.807) is 25.2 Å². The summed E-state index contributed by atoms with van der Waals surface area (Å²) in [7, 11) is 3.13. The molecule has 30 heavy (non-hydrogen) atoms. The van der Waals surface area contributed by atoms with E-state index >= 15 is 0 Å². The average Bonchev–Trinajstić information content (AvgIpc) is 2.75. The van der Waals surface area contributed by atoms with E-state index in [1.165, 1.54) is 0 Å². The van der Waals surface area contributed by atoms with E-state index in [0.717, 1.165) is 16.8 Å². The van der Waals surface area contributed by atoms with E-state index in [9.17, 15) is 9.59 Å². The quantitative estimate of drug-likeness (QED) is 0.756. The Labute approximate surface area is 176 Å². The van der Waals surface area contributed by atoms with Crippen molar-refractivity contribution in [1.82, 2.24) is 5.32 Å². The molecule has 0 aliphatic carbocycles. The lowest BCUT2D eigenvalue weighted by Gasteiger charge is -2.33. The van der Waals surface area contributed by atoms with Crippen LogP contribution in [-0.4, -0.2) is 38.7 Å². The molecular weight excluding hydrogens is 384 g/mol. The summed E-state index contributed by atoms with van der Waals surface area (Å²) in [5.41, 5.74) is 2.62. The molecule has 1 unspecified atom stereocenters. The number of methoxy groups -OCH3 is 2. The van der Waals surface area contributed by atoms with Gasteiger partial charge in [-0.25, -0.2) is 0 Å². The molecule has 1 aliphatic rings. The molecule has 3 rings (SSSR count). The van der Waals surface area contributed by atoms with Gasteiger partial charge in [-0.1, -0.05) is 18.2 Å². The van der Waals surface area contributed by atoms with Gasteiger partial charge in [0.05, 0.1) is 26.5 Å². The Kier molecular flexibility index (Phi) is 6.82. The van der Waals surface area contributed by atoms with Crippen LogP contribution in [0, 0.1) is 6.92 Å². The SMILES string of the molecule is COc1cccc(CNC(=O)CCC(=O)N2CC(C)Oc3ccc(C)cc32)c1OC. The number of para-hydroxylation sites is 1. The van der Waals surface area contributed by atoms with Crippen molar-refractivity contribution in [3.05, 3.63) is 47.5 Å². The van der Waals surface area contributed by atoms with Gasteiger partial charge in [0.2, 0.25) is 11.8 Å². The highest BCUT2D eigenvalue weighted by Crippen LogP contribution is 2.34. The van der Waals surface area contributed by atoms with Crippen molar-refractivity contribution < 1.29 is 23.8 Å². The number of aryl methyl sites for hydroxylation is 1. The lowest BCUT2D eigenvalue weighted by Crippen LogP contribution is -2.42. The van der Waals surface area contributed by atoms with Gasteiger partial charge in [-0.15, -0.1) is 0 Å². The molecule has 1 heterocycles. The Morgan fingerprint density at radius 3 is 2.70 bits per heavy atom. The second kappa shape index (κ2) is 9.52. The summed E-state index contributed by atoms with van der Waals surface area (Å²) in [5, 5.41) is 2.85. The van der Waals surface area contributed by atoms with Crippen LogP contribution in [0.3, 0.4) is 0 Å². The Morgan fingerprint density at radius 1 is 1.17 bits per heavy atom. The number of ether oxygens (including phenoxy) is 3. The van der Waals surface area contributed by atoms with E-state index in [-0.39, 0.29) is 30.8 Å². The molecule has 1 N–H and O–H groups in total. The molecule has 1 atom stereocenters. The lowest BCUT2D eigenvalue weighted by molar-refractivity contribution is -0.125. The predicted molar refractivity (Wildman–Crippen MR) is 114 cm³/mol. The fourth-order valence-electron chi connectivity index (χ4n) is 3.51. The van der Waals surface area contributed by atoms with Gasteiger partial charge in [-0.3, -0.25) is 9.59 Å². The van der Waals surface area contributed by atoms with Gasteiger partial charge < -0.3 is 24.4 Å².